The molecule has 4 heterocycles. The highest BCUT2D eigenvalue weighted by Crippen LogP contribution is 2.26. The Bertz CT molecular complexity index is 1010. The Hall–Kier alpha value is -3.07. The molecule has 3 aromatic rings. The van der Waals surface area contributed by atoms with Gasteiger partial charge in [-0.25, -0.2) is 15.0 Å². The number of aryl methyl sites for hydroxylation is 1. The summed E-state index contributed by atoms with van der Waals surface area (Å²) in [7, 11) is 0. The number of rotatable bonds is 5. The van der Waals surface area contributed by atoms with Crippen molar-refractivity contribution in [1.29, 1.82) is 0 Å². The van der Waals surface area contributed by atoms with Crippen LogP contribution in [0.15, 0.2) is 36.9 Å². The first-order valence-corrected chi connectivity index (χ1v) is 10.3. The second-order valence-electron chi connectivity index (χ2n) is 7.43. The summed E-state index contributed by atoms with van der Waals surface area (Å²) in [5.41, 5.74) is 1.69. The first-order valence-electron chi connectivity index (χ1n) is 9.89. The van der Waals surface area contributed by atoms with Crippen LogP contribution < -0.4 is 5.32 Å². The van der Waals surface area contributed by atoms with Gasteiger partial charge in [0.15, 0.2) is 5.69 Å². The second kappa shape index (κ2) is 8.74. The normalized spacial score (nSPS) is 19.0. The summed E-state index contributed by atoms with van der Waals surface area (Å²) in [4.78, 5) is 29.8. The van der Waals surface area contributed by atoms with Gasteiger partial charge in [-0.1, -0.05) is 18.5 Å². The molecule has 1 amide bonds. The predicted molar refractivity (Wildman–Crippen MR) is 113 cm³/mol. The lowest BCUT2D eigenvalue weighted by Gasteiger charge is -2.40. The third kappa shape index (κ3) is 4.25. The van der Waals surface area contributed by atoms with E-state index in [4.69, 9.17) is 11.6 Å². The number of halogens is 1. The van der Waals surface area contributed by atoms with E-state index in [0.29, 0.717) is 41.4 Å². The highest BCUT2D eigenvalue weighted by atomic mass is 35.5. The van der Waals surface area contributed by atoms with Crippen molar-refractivity contribution < 1.29 is 4.79 Å². The zero-order chi connectivity index (χ0) is 21.1. The van der Waals surface area contributed by atoms with E-state index in [2.05, 4.69) is 37.4 Å². The molecule has 0 aromatic carbocycles. The van der Waals surface area contributed by atoms with Gasteiger partial charge in [-0.3, -0.25) is 4.79 Å². The fourth-order valence-electron chi connectivity index (χ4n) is 3.76. The molecule has 0 aliphatic carbocycles. The Morgan fingerprint density at radius 1 is 1.23 bits per heavy atom. The van der Waals surface area contributed by atoms with Crippen LogP contribution in [0.25, 0.3) is 5.69 Å². The minimum Gasteiger partial charge on any atom is -0.352 e. The summed E-state index contributed by atoms with van der Waals surface area (Å²) < 4.78 is 0. The van der Waals surface area contributed by atoms with Crippen LogP contribution in [0.1, 0.15) is 35.9 Å². The summed E-state index contributed by atoms with van der Waals surface area (Å²) in [5.74, 6) is 0.680. The molecule has 30 heavy (non-hydrogen) atoms. The molecule has 1 fully saturated rings. The first kappa shape index (κ1) is 20.2. The molecule has 1 aliphatic heterocycles. The highest BCUT2D eigenvalue weighted by Gasteiger charge is 2.34. The average Bonchev–Trinajstić information content (AvgIpc) is 3.28. The standard InChI is InChI=1S/C20H23ClN8O/c1-13-4-3-9-28(17(13)12-24-20-22-10-15(21)11-23-20)19(30)18-16(6-5-14(2)27-18)29-25-7-8-26-29/h5-8,10-11,13,17H,3-4,9,12H2,1-2H3,(H,22,23,24). The number of piperidine rings is 1. The van der Waals surface area contributed by atoms with Crippen LogP contribution >= 0.6 is 11.6 Å². The quantitative estimate of drug-likeness (QED) is 0.669. The maximum absolute atomic E-state index is 13.6. The van der Waals surface area contributed by atoms with Gasteiger partial charge in [0, 0.05) is 18.8 Å². The Balaban J connectivity index is 1.60. The second-order valence-corrected chi connectivity index (χ2v) is 7.87. The van der Waals surface area contributed by atoms with Crippen LogP contribution in [0.4, 0.5) is 5.95 Å². The molecule has 1 aliphatic rings. The molecule has 0 saturated carbocycles. The lowest BCUT2D eigenvalue weighted by molar-refractivity contribution is 0.0533. The number of nitrogens with zero attached hydrogens (tertiary/aromatic N) is 7. The maximum Gasteiger partial charge on any atom is 0.275 e. The van der Waals surface area contributed by atoms with E-state index < -0.39 is 0 Å². The molecule has 4 rings (SSSR count). The molecule has 0 radical (unpaired) electrons. The van der Waals surface area contributed by atoms with Gasteiger partial charge in [0.05, 0.1) is 35.9 Å². The summed E-state index contributed by atoms with van der Waals surface area (Å²) in [6.07, 6.45) is 8.24. The number of aromatic nitrogens is 6. The van der Waals surface area contributed by atoms with Gasteiger partial charge >= 0.3 is 0 Å². The van der Waals surface area contributed by atoms with E-state index in [1.165, 1.54) is 4.80 Å². The van der Waals surface area contributed by atoms with Crippen LogP contribution in [0.3, 0.4) is 0 Å². The maximum atomic E-state index is 13.6. The zero-order valence-corrected chi connectivity index (χ0v) is 17.6. The molecule has 2 atom stereocenters. The molecule has 0 bridgehead atoms. The molecule has 1 N–H and O–H groups in total. The van der Waals surface area contributed by atoms with E-state index in [1.807, 2.05) is 24.0 Å². The number of carbonyl (C=O) groups excluding carboxylic acids is 1. The summed E-state index contributed by atoms with van der Waals surface area (Å²) in [6.45, 7) is 5.23. The SMILES string of the molecule is Cc1ccc(-n2nccn2)c(C(=O)N2CCCC(C)C2CNc2ncc(Cl)cn2)n1. The molecule has 156 valence electrons. The van der Waals surface area contributed by atoms with Gasteiger partial charge in [-0.15, -0.1) is 4.80 Å². The van der Waals surface area contributed by atoms with Crippen molar-refractivity contribution in [2.75, 3.05) is 18.4 Å². The summed E-state index contributed by atoms with van der Waals surface area (Å²) in [5, 5.41) is 12.1. The third-order valence-electron chi connectivity index (χ3n) is 5.32. The van der Waals surface area contributed by atoms with Crippen LogP contribution in [0.2, 0.25) is 5.02 Å². The lowest BCUT2D eigenvalue weighted by Crippen LogP contribution is -2.51. The van der Waals surface area contributed by atoms with E-state index in [-0.39, 0.29) is 11.9 Å². The Morgan fingerprint density at radius 2 is 1.97 bits per heavy atom. The summed E-state index contributed by atoms with van der Waals surface area (Å²) >= 11 is 5.86. The first-order chi connectivity index (χ1) is 14.5. The number of hydrogen-bond acceptors (Lipinski definition) is 7. The van der Waals surface area contributed by atoms with E-state index in [9.17, 15) is 4.79 Å². The largest absolute Gasteiger partial charge is 0.352 e. The van der Waals surface area contributed by atoms with Gasteiger partial charge < -0.3 is 10.2 Å². The number of amides is 1. The Kier molecular flexibility index (Phi) is 5.89. The van der Waals surface area contributed by atoms with Gasteiger partial charge in [0.25, 0.3) is 5.91 Å². The smallest absolute Gasteiger partial charge is 0.275 e. The van der Waals surface area contributed by atoms with Crippen LogP contribution in [0, 0.1) is 12.8 Å². The predicted octanol–water partition coefficient (Wildman–Crippen LogP) is 2.77. The fourth-order valence-corrected chi connectivity index (χ4v) is 3.85. The molecule has 0 spiro atoms. The van der Waals surface area contributed by atoms with Crippen molar-refractivity contribution in [3.05, 3.63) is 53.3 Å². The van der Waals surface area contributed by atoms with Crippen molar-refractivity contribution in [2.24, 2.45) is 5.92 Å². The highest BCUT2D eigenvalue weighted by molar-refractivity contribution is 6.30. The Morgan fingerprint density at radius 3 is 2.70 bits per heavy atom. The topological polar surface area (TPSA) is 102 Å². The molecule has 1 saturated heterocycles. The van der Waals surface area contributed by atoms with Gasteiger partial charge in [-0.05, 0) is 37.8 Å². The summed E-state index contributed by atoms with van der Waals surface area (Å²) in [6, 6.07) is 3.66. The van der Waals surface area contributed by atoms with Crippen molar-refractivity contribution in [3.8, 4) is 5.69 Å². The van der Waals surface area contributed by atoms with Crippen LogP contribution in [-0.4, -0.2) is 59.9 Å². The van der Waals surface area contributed by atoms with Crippen molar-refractivity contribution in [3.63, 3.8) is 0 Å². The molecule has 3 aromatic heterocycles. The van der Waals surface area contributed by atoms with Crippen molar-refractivity contribution in [2.45, 2.75) is 32.7 Å². The molecular formula is C20H23ClN8O. The van der Waals surface area contributed by atoms with Crippen LogP contribution in [0.5, 0.6) is 0 Å². The Labute approximate surface area is 179 Å². The lowest BCUT2D eigenvalue weighted by atomic mass is 9.90. The molecule has 10 heteroatoms. The average molecular weight is 427 g/mol. The number of carbonyl (C=O) groups is 1. The van der Waals surface area contributed by atoms with Crippen molar-refractivity contribution in [1.82, 2.24) is 34.8 Å². The minimum absolute atomic E-state index is 0.0220. The number of pyridine rings is 1. The van der Waals surface area contributed by atoms with E-state index in [0.717, 1.165) is 18.5 Å². The fraction of sp³-hybridized carbons (Fsp3) is 0.400. The van der Waals surface area contributed by atoms with Crippen molar-refractivity contribution >= 4 is 23.5 Å². The molecule has 2 unspecified atom stereocenters. The number of nitrogens with one attached hydrogen (secondary N) is 1. The monoisotopic (exact) mass is 426 g/mol. The van der Waals surface area contributed by atoms with Crippen LogP contribution in [-0.2, 0) is 0 Å². The van der Waals surface area contributed by atoms with E-state index in [1.54, 1.807) is 24.8 Å². The molecular weight excluding hydrogens is 404 g/mol. The number of likely N-dealkylation sites (tertiary alicyclic amines) is 1. The zero-order valence-electron chi connectivity index (χ0n) is 16.9. The third-order valence-corrected chi connectivity index (χ3v) is 5.51. The van der Waals surface area contributed by atoms with E-state index >= 15 is 0 Å². The van der Waals surface area contributed by atoms with Gasteiger partial charge in [0.1, 0.15) is 5.69 Å². The molecule has 9 nitrogen and oxygen atoms in total. The van der Waals surface area contributed by atoms with Gasteiger partial charge in [-0.2, -0.15) is 10.2 Å². The minimum atomic E-state index is -0.124. The van der Waals surface area contributed by atoms with Gasteiger partial charge in [0.2, 0.25) is 5.95 Å². The number of hydrogen-bond donors (Lipinski definition) is 1. The number of anilines is 1.